The predicted molar refractivity (Wildman–Crippen MR) is 367 cm³/mol. The zero-order valence-electron chi connectivity index (χ0n) is 59.5. The fraction of sp³-hybridized carbons (Fsp3) is 0.944. The van der Waals surface area contributed by atoms with E-state index in [1.807, 2.05) is 0 Å². The summed E-state index contributed by atoms with van der Waals surface area (Å²) in [6.07, 6.45) is 44.3. The van der Waals surface area contributed by atoms with E-state index in [0.717, 1.165) is 114 Å². The molecule has 6 atom stereocenters. The molecule has 0 aromatic carbocycles. The summed E-state index contributed by atoms with van der Waals surface area (Å²) in [7, 11) is -9.91. The topological polar surface area (TPSA) is 237 Å². The smallest absolute Gasteiger partial charge is 0.462 e. The molecule has 540 valence electrons. The van der Waals surface area contributed by atoms with Crippen molar-refractivity contribution in [1.29, 1.82) is 0 Å². The lowest BCUT2D eigenvalue weighted by Crippen LogP contribution is -2.30. The number of rotatable bonds is 69. The molecular formula is C72H140O17P2. The van der Waals surface area contributed by atoms with Gasteiger partial charge in [-0.05, 0) is 49.4 Å². The highest BCUT2D eigenvalue weighted by atomic mass is 31.2. The molecule has 0 radical (unpaired) electrons. The van der Waals surface area contributed by atoms with Crippen LogP contribution in [0.1, 0.15) is 357 Å². The lowest BCUT2D eigenvalue weighted by atomic mass is 9.99. The highest BCUT2D eigenvalue weighted by Gasteiger charge is 2.30. The number of esters is 4. The largest absolute Gasteiger partial charge is 0.472 e. The summed E-state index contributed by atoms with van der Waals surface area (Å²) in [6, 6.07) is 0. The second kappa shape index (κ2) is 61.6. The van der Waals surface area contributed by atoms with Crippen molar-refractivity contribution in [1.82, 2.24) is 0 Å². The van der Waals surface area contributed by atoms with Crippen LogP contribution in [0.4, 0.5) is 0 Å². The first-order valence-corrected chi connectivity index (χ1v) is 40.2. The maximum Gasteiger partial charge on any atom is 0.472 e. The monoisotopic (exact) mass is 1340 g/mol. The number of carbonyl (C=O) groups is 4. The third-order valence-electron chi connectivity index (χ3n) is 16.9. The Morgan fingerprint density at radius 1 is 0.308 bits per heavy atom. The van der Waals surface area contributed by atoms with E-state index in [-0.39, 0.29) is 25.7 Å². The number of aliphatic hydroxyl groups excluding tert-OH is 1. The Morgan fingerprint density at radius 2 is 0.527 bits per heavy atom. The van der Waals surface area contributed by atoms with Gasteiger partial charge in [0.05, 0.1) is 26.4 Å². The molecule has 19 heteroatoms. The maximum atomic E-state index is 13.0. The van der Waals surface area contributed by atoms with Gasteiger partial charge in [0.1, 0.15) is 19.3 Å². The molecule has 0 aliphatic rings. The molecule has 17 nitrogen and oxygen atoms in total. The molecule has 0 aliphatic heterocycles. The van der Waals surface area contributed by atoms with Gasteiger partial charge in [-0.25, -0.2) is 9.13 Å². The third kappa shape index (κ3) is 65.1. The van der Waals surface area contributed by atoms with Crippen LogP contribution in [0.5, 0.6) is 0 Å². The highest BCUT2D eigenvalue weighted by molar-refractivity contribution is 7.47. The molecule has 0 aromatic heterocycles. The first-order chi connectivity index (χ1) is 43.6. The Kier molecular flexibility index (Phi) is 60.3. The number of phosphoric acid groups is 2. The van der Waals surface area contributed by atoms with Crippen molar-refractivity contribution in [2.75, 3.05) is 39.6 Å². The Morgan fingerprint density at radius 3 is 0.780 bits per heavy atom. The van der Waals surface area contributed by atoms with Crippen molar-refractivity contribution in [3.8, 4) is 0 Å². The number of hydrogen-bond acceptors (Lipinski definition) is 15. The number of unbranched alkanes of at least 4 members (excludes halogenated alkanes) is 34. The van der Waals surface area contributed by atoms with Gasteiger partial charge in [-0.2, -0.15) is 0 Å². The van der Waals surface area contributed by atoms with Gasteiger partial charge in [-0.1, -0.05) is 306 Å². The van der Waals surface area contributed by atoms with Crippen LogP contribution in [0.3, 0.4) is 0 Å². The lowest BCUT2D eigenvalue weighted by molar-refractivity contribution is -0.161. The van der Waals surface area contributed by atoms with E-state index in [0.29, 0.717) is 25.7 Å². The minimum Gasteiger partial charge on any atom is -0.462 e. The Bertz CT molecular complexity index is 1800. The molecule has 0 rings (SSSR count). The van der Waals surface area contributed by atoms with Crippen LogP contribution < -0.4 is 0 Å². The van der Waals surface area contributed by atoms with Crippen molar-refractivity contribution in [3.63, 3.8) is 0 Å². The first-order valence-electron chi connectivity index (χ1n) is 37.2. The van der Waals surface area contributed by atoms with Crippen molar-refractivity contribution in [2.24, 2.45) is 23.7 Å². The predicted octanol–water partition coefficient (Wildman–Crippen LogP) is 20.5. The summed E-state index contributed by atoms with van der Waals surface area (Å²) < 4.78 is 68.4. The van der Waals surface area contributed by atoms with Crippen LogP contribution in [0.2, 0.25) is 0 Å². The maximum absolute atomic E-state index is 13.0. The van der Waals surface area contributed by atoms with Crippen LogP contribution in [0.25, 0.3) is 0 Å². The first kappa shape index (κ1) is 89.1. The average Bonchev–Trinajstić information content (AvgIpc) is 3.42. The molecular weight excluding hydrogens is 1200 g/mol. The molecule has 0 heterocycles. The minimum absolute atomic E-state index is 0.105. The van der Waals surface area contributed by atoms with Crippen molar-refractivity contribution in [3.05, 3.63) is 0 Å². The van der Waals surface area contributed by atoms with Crippen LogP contribution in [-0.2, 0) is 65.4 Å². The van der Waals surface area contributed by atoms with E-state index in [2.05, 4.69) is 55.4 Å². The number of hydrogen-bond donors (Lipinski definition) is 3. The fourth-order valence-electron chi connectivity index (χ4n) is 10.8. The number of phosphoric ester groups is 2. The molecule has 4 unspecified atom stereocenters. The number of carbonyl (C=O) groups excluding carboxylic acids is 4. The quantitative estimate of drug-likeness (QED) is 0.0222. The second-order valence-corrected chi connectivity index (χ2v) is 30.6. The summed E-state index contributed by atoms with van der Waals surface area (Å²) in [5.74, 6) is 0.912. The molecule has 0 aromatic rings. The van der Waals surface area contributed by atoms with E-state index in [9.17, 15) is 43.2 Å². The molecule has 91 heavy (non-hydrogen) atoms. The van der Waals surface area contributed by atoms with E-state index >= 15 is 0 Å². The van der Waals surface area contributed by atoms with Gasteiger partial charge in [-0.15, -0.1) is 0 Å². The van der Waals surface area contributed by atoms with Gasteiger partial charge >= 0.3 is 39.5 Å². The van der Waals surface area contributed by atoms with Crippen LogP contribution in [-0.4, -0.2) is 96.7 Å². The summed E-state index contributed by atoms with van der Waals surface area (Å²) in [6.45, 7) is 14.1. The normalized spacial score (nSPS) is 14.5. The van der Waals surface area contributed by atoms with E-state index < -0.39 is 97.5 Å². The van der Waals surface area contributed by atoms with Gasteiger partial charge < -0.3 is 33.8 Å². The number of aliphatic hydroxyl groups is 1. The van der Waals surface area contributed by atoms with Gasteiger partial charge in [-0.3, -0.25) is 37.3 Å². The van der Waals surface area contributed by atoms with E-state index in [1.165, 1.54) is 161 Å². The lowest BCUT2D eigenvalue weighted by Gasteiger charge is -2.21. The van der Waals surface area contributed by atoms with E-state index in [1.54, 1.807) is 0 Å². The SMILES string of the molecule is CCC(C)CCCCCCCCCCCCC(=O)O[C@H](COC(=O)CCCCCCCCCCCC(C)C)COP(=O)(O)OCC(O)COP(=O)(O)OC[C@@H](COC(=O)CCCCCCCCCCC(C)C)OC(=O)CCCCCCCCCCCCCC(C)C. The Hall–Kier alpha value is -1.94. The van der Waals surface area contributed by atoms with E-state index in [4.69, 9.17) is 37.0 Å². The third-order valence-corrected chi connectivity index (χ3v) is 18.8. The summed E-state index contributed by atoms with van der Waals surface area (Å²) >= 11 is 0. The van der Waals surface area contributed by atoms with Gasteiger partial charge in [0, 0.05) is 25.7 Å². The van der Waals surface area contributed by atoms with Gasteiger partial charge in [0.2, 0.25) is 0 Å². The summed E-state index contributed by atoms with van der Waals surface area (Å²) in [5.41, 5.74) is 0. The average molecular weight is 1340 g/mol. The second-order valence-electron chi connectivity index (χ2n) is 27.6. The molecule has 0 spiro atoms. The van der Waals surface area contributed by atoms with Crippen molar-refractivity contribution >= 4 is 39.5 Å². The Labute approximate surface area is 556 Å². The minimum atomic E-state index is -4.95. The van der Waals surface area contributed by atoms with Crippen LogP contribution in [0.15, 0.2) is 0 Å². The van der Waals surface area contributed by atoms with Crippen LogP contribution in [0, 0.1) is 23.7 Å². The van der Waals surface area contributed by atoms with Gasteiger partial charge in [0.25, 0.3) is 0 Å². The Balaban J connectivity index is 5.27. The zero-order valence-corrected chi connectivity index (χ0v) is 61.3. The van der Waals surface area contributed by atoms with Crippen molar-refractivity contribution in [2.45, 2.75) is 375 Å². The number of ether oxygens (including phenoxy) is 4. The molecule has 0 aliphatic carbocycles. The zero-order chi connectivity index (χ0) is 67.5. The molecule has 0 bridgehead atoms. The van der Waals surface area contributed by atoms with Crippen LogP contribution >= 0.6 is 15.6 Å². The summed E-state index contributed by atoms with van der Waals surface area (Å²) in [4.78, 5) is 72.7. The van der Waals surface area contributed by atoms with Gasteiger partial charge in [0.15, 0.2) is 12.2 Å². The highest BCUT2D eigenvalue weighted by Crippen LogP contribution is 2.45. The van der Waals surface area contributed by atoms with Crippen molar-refractivity contribution < 1.29 is 80.2 Å². The molecule has 0 saturated heterocycles. The summed E-state index contributed by atoms with van der Waals surface area (Å²) in [5, 5.41) is 10.6. The fourth-order valence-corrected chi connectivity index (χ4v) is 12.4. The molecule has 3 N–H and O–H groups in total. The molecule has 0 saturated carbocycles. The molecule has 0 fully saturated rings. The standard InChI is InChI=1S/C72H140O17P2/c1-9-65(8)51-43-35-27-18-13-14-20-31-39-47-55-72(77)89-67(58-82-69(74)52-44-36-28-21-15-17-25-33-41-49-63(4)5)60-86-90(78,79)84-56-66(73)57-85-91(80,81)87-61-68(59-83-70(75)53-45-37-29-23-22-26-34-42-50-64(6)7)88-71(76)54-46-38-30-19-12-10-11-16-24-32-40-48-62(2)3/h62-68,73H,9-61H2,1-8H3,(H,78,79)(H,80,81)/t65?,66?,67-,68-/m1/s1. The molecule has 0 amide bonds.